The van der Waals surface area contributed by atoms with Crippen LogP contribution in [0, 0.1) is 0 Å². The van der Waals surface area contributed by atoms with Gasteiger partial charge >= 0.3 is 6.03 Å². The Balaban J connectivity index is 2.14. The summed E-state index contributed by atoms with van der Waals surface area (Å²) in [6.45, 7) is 9.28. The molecule has 0 spiro atoms. The largest absolute Gasteiger partial charge is 0.333 e. The van der Waals surface area contributed by atoms with Gasteiger partial charge in [0.25, 0.3) is 5.91 Å². The number of fused-ring (bicyclic) bond motifs is 1. The molecule has 2 aliphatic rings. The topological polar surface area (TPSA) is 77.0 Å². The van der Waals surface area contributed by atoms with E-state index in [1.807, 2.05) is 11.8 Å². The number of aliphatic imine (C=N–C) groups is 1. The first-order valence-electron chi connectivity index (χ1n) is 8.25. The van der Waals surface area contributed by atoms with Crippen LogP contribution in [0.4, 0.5) is 4.79 Å². The van der Waals surface area contributed by atoms with E-state index in [0.717, 1.165) is 18.4 Å². The molecule has 2 saturated heterocycles. The summed E-state index contributed by atoms with van der Waals surface area (Å²) < 4.78 is 0. The molecule has 0 aromatic heterocycles. The number of unbranched alkanes of at least 4 members (excludes halogenated alkanes) is 3. The third-order valence-corrected chi connectivity index (χ3v) is 4.13. The highest BCUT2D eigenvalue weighted by molar-refractivity contribution is 6.04. The van der Waals surface area contributed by atoms with Crippen LogP contribution in [-0.4, -0.2) is 60.0 Å². The first kappa shape index (κ1) is 17.3. The van der Waals surface area contributed by atoms with E-state index in [2.05, 4.69) is 29.1 Å². The second-order valence-corrected chi connectivity index (χ2v) is 6.29. The lowest BCUT2D eigenvalue weighted by Crippen LogP contribution is -2.64. The van der Waals surface area contributed by atoms with Crippen LogP contribution in [-0.2, 0) is 4.79 Å². The monoisotopic (exact) mass is 321 g/mol. The molecule has 2 heterocycles. The van der Waals surface area contributed by atoms with Crippen molar-refractivity contribution in [3.05, 3.63) is 12.2 Å². The fourth-order valence-corrected chi connectivity index (χ4v) is 2.91. The number of guanidine groups is 1. The molecule has 0 saturated carbocycles. The zero-order chi connectivity index (χ0) is 17.0. The molecule has 2 rings (SSSR count). The molecule has 7 heteroatoms. The van der Waals surface area contributed by atoms with Gasteiger partial charge in [0.15, 0.2) is 12.0 Å². The van der Waals surface area contributed by atoms with Gasteiger partial charge in [-0.1, -0.05) is 38.3 Å². The third-order valence-electron chi connectivity index (χ3n) is 4.13. The third kappa shape index (κ3) is 3.83. The predicted octanol–water partition coefficient (Wildman–Crippen LogP) is 1.28. The van der Waals surface area contributed by atoms with E-state index in [1.54, 1.807) is 7.05 Å². The number of hydrogen-bond acceptors (Lipinski definition) is 3. The number of likely N-dealkylation sites (N-methyl/N-ethyl adjacent to an activating group) is 1. The molecule has 0 aromatic rings. The maximum atomic E-state index is 12.3. The molecule has 7 nitrogen and oxygen atoms in total. The predicted molar refractivity (Wildman–Crippen MR) is 90.0 cm³/mol. The van der Waals surface area contributed by atoms with Crippen molar-refractivity contribution in [1.29, 1.82) is 0 Å². The van der Waals surface area contributed by atoms with Crippen LogP contribution in [0.2, 0.25) is 0 Å². The zero-order valence-electron chi connectivity index (χ0n) is 14.3. The maximum absolute atomic E-state index is 12.3. The number of carbonyl (C=O) groups excluding carboxylic acids is 2. The number of imide groups is 1. The van der Waals surface area contributed by atoms with Crippen LogP contribution in [0.25, 0.3) is 0 Å². The van der Waals surface area contributed by atoms with E-state index in [-0.39, 0.29) is 18.1 Å². The molecule has 2 atom stereocenters. The Bertz CT molecular complexity index is 517. The lowest BCUT2D eigenvalue weighted by atomic mass is 10.1. The number of rotatable bonds is 7. The van der Waals surface area contributed by atoms with Gasteiger partial charge in [-0.2, -0.15) is 0 Å². The minimum atomic E-state index is -0.469. The maximum Gasteiger partial charge on any atom is 0.325 e. The Morgan fingerprint density at radius 3 is 2.70 bits per heavy atom. The van der Waals surface area contributed by atoms with Gasteiger partial charge in [-0.05, 0) is 13.3 Å². The summed E-state index contributed by atoms with van der Waals surface area (Å²) in [6, 6.07) is -0.855. The molecule has 2 N–H and O–H groups in total. The lowest BCUT2D eigenvalue weighted by Gasteiger charge is -2.35. The van der Waals surface area contributed by atoms with Crippen LogP contribution < -0.4 is 10.6 Å². The van der Waals surface area contributed by atoms with Gasteiger partial charge in [0.2, 0.25) is 0 Å². The molecule has 0 bridgehead atoms. The highest BCUT2D eigenvalue weighted by Gasteiger charge is 2.49. The Hall–Kier alpha value is -2.05. The Kier molecular flexibility index (Phi) is 5.63. The SMILES string of the molecule is C=C(C)CN1C(=NCCCCCC)NC2C1C(=O)NC(=O)N2C. The van der Waals surface area contributed by atoms with E-state index in [9.17, 15) is 9.59 Å². The molecule has 0 aliphatic carbocycles. The van der Waals surface area contributed by atoms with E-state index in [4.69, 9.17) is 0 Å². The van der Waals surface area contributed by atoms with Gasteiger partial charge in [-0.3, -0.25) is 15.1 Å². The van der Waals surface area contributed by atoms with Crippen molar-refractivity contribution >= 4 is 17.9 Å². The van der Waals surface area contributed by atoms with Gasteiger partial charge in [-0.25, -0.2) is 4.79 Å². The summed E-state index contributed by atoms with van der Waals surface area (Å²) in [5, 5.41) is 5.62. The van der Waals surface area contributed by atoms with E-state index >= 15 is 0 Å². The first-order chi connectivity index (χ1) is 11.0. The summed E-state index contributed by atoms with van der Waals surface area (Å²) in [4.78, 5) is 32.1. The average molecular weight is 321 g/mol. The number of nitrogens with one attached hydrogen (secondary N) is 2. The second-order valence-electron chi connectivity index (χ2n) is 6.29. The highest BCUT2D eigenvalue weighted by atomic mass is 16.2. The first-order valence-corrected chi connectivity index (χ1v) is 8.25. The number of hydrogen-bond donors (Lipinski definition) is 2. The molecule has 23 heavy (non-hydrogen) atoms. The molecule has 0 radical (unpaired) electrons. The van der Waals surface area contributed by atoms with Crippen LogP contribution in [0.3, 0.4) is 0 Å². The van der Waals surface area contributed by atoms with Crippen molar-refractivity contribution in [3.63, 3.8) is 0 Å². The molecule has 0 aromatic carbocycles. The van der Waals surface area contributed by atoms with Gasteiger partial charge in [0, 0.05) is 20.1 Å². The number of carbonyl (C=O) groups is 2. The summed E-state index contributed by atoms with van der Waals surface area (Å²) >= 11 is 0. The van der Waals surface area contributed by atoms with E-state index < -0.39 is 6.04 Å². The normalized spacial score (nSPS) is 25.4. The highest BCUT2D eigenvalue weighted by Crippen LogP contribution is 2.21. The summed E-state index contributed by atoms with van der Waals surface area (Å²) in [5.41, 5.74) is 0.943. The fourth-order valence-electron chi connectivity index (χ4n) is 2.91. The van der Waals surface area contributed by atoms with Gasteiger partial charge in [0.1, 0.15) is 6.17 Å². The number of nitrogens with zero attached hydrogens (tertiary/aromatic N) is 3. The molecule has 2 unspecified atom stereocenters. The van der Waals surface area contributed by atoms with Crippen molar-refractivity contribution < 1.29 is 9.59 Å². The van der Waals surface area contributed by atoms with Crippen molar-refractivity contribution in [2.24, 2.45) is 4.99 Å². The van der Waals surface area contributed by atoms with Crippen LogP contribution >= 0.6 is 0 Å². The van der Waals surface area contributed by atoms with Crippen molar-refractivity contribution in [3.8, 4) is 0 Å². The number of urea groups is 1. The molecule has 2 fully saturated rings. The van der Waals surface area contributed by atoms with Crippen LogP contribution in [0.1, 0.15) is 39.5 Å². The van der Waals surface area contributed by atoms with Gasteiger partial charge in [-0.15, -0.1) is 0 Å². The van der Waals surface area contributed by atoms with Crippen LogP contribution in [0.15, 0.2) is 17.1 Å². The Labute approximate surface area is 137 Å². The Morgan fingerprint density at radius 1 is 1.30 bits per heavy atom. The zero-order valence-corrected chi connectivity index (χ0v) is 14.3. The molecular weight excluding hydrogens is 294 g/mol. The molecule has 128 valence electrons. The number of amides is 3. The van der Waals surface area contributed by atoms with Gasteiger partial charge < -0.3 is 15.1 Å². The van der Waals surface area contributed by atoms with Crippen LogP contribution in [0.5, 0.6) is 0 Å². The van der Waals surface area contributed by atoms with Crippen molar-refractivity contribution in [1.82, 2.24) is 20.4 Å². The standard InChI is InChI=1S/C16H27N5O2/c1-5-6-7-8-9-17-15-18-13-12(21(15)10-11(2)3)14(22)19-16(23)20(13)4/h12-13H,2,5-10H2,1,3-4H3,(H,17,18)(H,19,22,23). The van der Waals surface area contributed by atoms with Gasteiger partial charge in [0.05, 0.1) is 0 Å². The van der Waals surface area contributed by atoms with E-state index in [0.29, 0.717) is 19.0 Å². The molecular formula is C16H27N5O2. The van der Waals surface area contributed by atoms with Crippen molar-refractivity contribution in [2.75, 3.05) is 20.1 Å². The quantitative estimate of drug-likeness (QED) is 0.547. The fraction of sp³-hybridized carbons (Fsp3) is 0.688. The smallest absolute Gasteiger partial charge is 0.325 e. The molecule has 3 amide bonds. The minimum Gasteiger partial charge on any atom is -0.333 e. The van der Waals surface area contributed by atoms with E-state index in [1.165, 1.54) is 17.7 Å². The average Bonchev–Trinajstić information content (AvgIpc) is 2.83. The summed E-state index contributed by atoms with van der Waals surface area (Å²) in [6.07, 6.45) is 4.19. The Morgan fingerprint density at radius 2 is 2.04 bits per heavy atom. The van der Waals surface area contributed by atoms with Crippen molar-refractivity contribution in [2.45, 2.75) is 51.7 Å². The summed E-state index contributed by atoms with van der Waals surface area (Å²) in [7, 11) is 1.68. The molecule has 2 aliphatic heterocycles. The summed E-state index contributed by atoms with van der Waals surface area (Å²) in [5.74, 6) is 0.388. The minimum absolute atomic E-state index is 0.289. The second kappa shape index (κ2) is 7.48. The lowest BCUT2D eigenvalue weighted by molar-refractivity contribution is -0.126.